The molecule has 0 unspecified atom stereocenters. The van der Waals surface area contributed by atoms with Gasteiger partial charge in [-0.3, -0.25) is 9.59 Å². The SMILES string of the molecule is COc1cccc(CN(C(=O)COc2ccc(C)c(C)c2)[C@H](C)C(=O)NCC(C)C)c1. The second-order valence-corrected chi connectivity index (χ2v) is 8.22. The van der Waals surface area contributed by atoms with Crippen LogP contribution in [0.5, 0.6) is 11.5 Å². The highest BCUT2D eigenvalue weighted by Crippen LogP contribution is 2.18. The molecule has 0 saturated carbocycles. The molecule has 1 N–H and O–H groups in total. The number of carbonyl (C=O) groups excluding carboxylic acids is 2. The highest BCUT2D eigenvalue weighted by Gasteiger charge is 2.26. The van der Waals surface area contributed by atoms with Crippen molar-refractivity contribution in [2.75, 3.05) is 20.3 Å². The summed E-state index contributed by atoms with van der Waals surface area (Å²) in [6.45, 7) is 10.5. The number of rotatable bonds is 10. The fourth-order valence-corrected chi connectivity index (χ4v) is 3.03. The van der Waals surface area contributed by atoms with Crippen LogP contribution in [0.2, 0.25) is 0 Å². The number of hydrogen-bond acceptors (Lipinski definition) is 4. The Bertz CT molecular complexity index is 895. The minimum Gasteiger partial charge on any atom is -0.497 e. The largest absolute Gasteiger partial charge is 0.497 e. The molecule has 6 heteroatoms. The molecule has 0 aliphatic carbocycles. The molecule has 0 spiro atoms. The number of ether oxygens (including phenoxy) is 2. The molecular formula is C25H34N2O4. The third-order valence-electron chi connectivity index (χ3n) is 5.18. The number of hydrogen-bond donors (Lipinski definition) is 1. The first kappa shape index (κ1) is 24.3. The van der Waals surface area contributed by atoms with E-state index in [-0.39, 0.29) is 25.0 Å². The minimum absolute atomic E-state index is 0.145. The lowest BCUT2D eigenvalue weighted by atomic mass is 10.1. The number of amides is 2. The van der Waals surface area contributed by atoms with Crippen molar-refractivity contribution in [1.82, 2.24) is 10.2 Å². The van der Waals surface area contributed by atoms with Crippen LogP contribution in [0.15, 0.2) is 42.5 Å². The van der Waals surface area contributed by atoms with E-state index < -0.39 is 6.04 Å². The maximum Gasteiger partial charge on any atom is 0.261 e. The average Bonchev–Trinajstić information content (AvgIpc) is 2.76. The summed E-state index contributed by atoms with van der Waals surface area (Å²) in [6, 6.07) is 12.6. The molecule has 31 heavy (non-hydrogen) atoms. The predicted octanol–water partition coefficient (Wildman–Crippen LogP) is 3.88. The summed E-state index contributed by atoms with van der Waals surface area (Å²) in [4.78, 5) is 27.3. The molecule has 0 radical (unpaired) electrons. The predicted molar refractivity (Wildman–Crippen MR) is 122 cm³/mol. The summed E-state index contributed by atoms with van der Waals surface area (Å²) in [5, 5.41) is 2.91. The van der Waals surface area contributed by atoms with E-state index in [9.17, 15) is 9.59 Å². The van der Waals surface area contributed by atoms with E-state index >= 15 is 0 Å². The van der Waals surface area contributed by atoms with Gasteiger partial charge in [-0.2, -0.15) is 0 Å². The van der Waals surface area contributed by atoms with Gasteiger partial charge >= 0.3 is 0 Å². The minimum atomic E-state index is -0.638. The summed E-state index contributed by atoms with van der Waals surface area (Å²) in [5.74, 6) is 1.22. The van der Waals surface area contributed by atoms with Crippen LogP contribution in [0.3, 0.4) is 0 Å². The van der Waals surface area contributed by atoms with Crippen molar-refractivity contribution in [2.45, 2.75) is 47.2 Å². The quantitative estimate of drug-likeness (QED) is 0.626. The van der Waals surface area contributed by atoms with Crippen LogP contribution in [-0.4, -0.2) is 43.0 Å². The van der Waals surface area contributed by atoms with Crippen LogP contribution in [0, 0.1) is 19.8 Å². The van der Waals surface area contributed by atoms with Crippen LogP contribution < -0.4 is 14.8 Å². The van der Waals surface area contributed by atoms with Crippen molar-refractivity contribution in [3.63, 3.8) is 0 Å². The van der Waals surface area contributed by atoms with E-state index in [1.54, 1.807) is 18.9 Å². The monoisotopic (exact) mass is 426 g/mol. The number of nitrogens with one attached hydrogen (secondary N) is 1. The second-order valence-electron chi connectivity index (χ2n) is 8.22. The number of benzene rings is 2. The standard InChI is InChI=1S/C25H34N2O4/c1-17(2)14-26-25(29)20(5)27(15-21-8-7-9-22(13-21)30-6)24(28)16-31-23-11-10-18(3)19(4)12-23/h7-13,17,20H,14-16H2,1-6H3,(H,26,29)/t20-/m1/s1. The Balaban J connectivity index is 2.16. The number of aryl methyl sites for hydroxylation is 2. The molecule has 0 bridgehead atoms. The molecule has 0 saturated heterocycles. The lowest BCUT2D eigenvalue weighted by Crippen LogP contribution is -2.49. The average molecular weight is 427 g/mol. The maximum absolute atomic E-state index is 13.1. The summed E-state index contributed by atoms with van der Waals surface area (Å²) in [6.07, 6.45) is 0. The third-order valence-corrected chi connectivity index (χ3v) is 5.18. The first-order valence-electron chi connectivity index (χ1n) is 10.6. The van der Waals surface area contributed by atoms with E-state index in [0.29, 0.717) is 24.0 Å². The summed E-state index contributed by atoms with van der Waals surface area (Å²) >= 11 is 0. The highest BCUT2D eigenvalue weighted by molar-refractivity contribution is 5.88. The molecule has 0 fully saturated rings. The Hall–Kier alpha value is -3.02. The Morgan fingerprint density at radius 2 is 1.74 bits per heavy atom. The van der Waals surface area contributed by atoms with E-state index in [4.69, 9.17) is 9.47 Å². The van der Waals surface area contributed by atoms with Gasteiger partial charge in [0.05, 0.1) is 7.11 Å². The van der Waals surface area contributed by atoms with Crippen LogP contribution in [-0.2, 0) is 16.1 Å². The highest BCUT2D eigenvalue weighted by atomic mass is 16.5. The van der Waals surface area contributed by atoms with Gasteiger partial charge in [-0.15, -0.1) is 0 Å². The van der Waals surface area contributed by atoms with E-state index in [2.05, 4.69) is 5.32 Å². The van der Waals surface area contributed by atoms with Crippen LogP contribution in [0.1, 0.15) is 37.5 Å². The molecule has 1 atom stereocenters. The molecule has 2 aromatic carbocycles. The Morgan fingerprint density at radius 1 is 1.00 bits per heavy atom. The zero-order valence-electron chi connectivity index (χ0n) is 19.4. The lowest BCUT2D eigenvalue weighted by molar-refractivity contribution is -0.142. The molecular weight excluding hydrogens is 392 g/mol. The molecule has 0 heterocycles. The van der Waals surface area contributed by atoms with Gasteiger partial charge in [-0.05, 0) is 67.6 Å². The molecule has 0 aliphatic rings. The smallest absolute Gasteiger partial charge is 0.261 e. The van der Waals surface area contributed by atoms with E-state index in [0.717, 1.165) is 16.7 Å². The van der Waals surface area contributed by atoms with Crippen molar-refractivity contribution in [2.24, 2.45) is 5.92 Å². The molecule has 0 aliphatic heterocycles. The van der Waals surface area contributed by atoms with Crippen molar-refractivity contribution in [3.8, 4) is 11.5 Å². The molecule has 168 valence electrons. The fraction of sp³-hybridized carbons (Fsp3) is 0.440. The first-order chi connectivity index (χ1) is 14.7. The number of methoxy groups -OCH3 is 1. The lowest BCUT2D eigenvalue weighted by Gasteiger charge is -2.29. The Morgan fingerprint density at radius 3 is 2.39 bits per heavy atom. The summed E-state index contributed by atoms with van der Waals surface area (Å²) in [7, 11) is 1.60. The molecule has 2 rings (SSSR count). The van der Waals surface area contributed by atoms with E-state index in [1.165, 1.54) is 0 Å². The first-order valence-corrected chi connectivity index (χ1v) is 10.6. The van der Waals surface area contributed by atoms with Gasteiger partial charge in [-0.1, -0.05) is 32.0 Å². The van der Waals surface area contributed by atoms with Crippen LogP contribution >= 0.6 is 0 Å². The molecule has 0 aromatic heterocycles. The Kier molecular flexibility index (Phi) is 8.91. The van der Waals surface area contributed by atoms with Crippen LogP contribution in [0.25, 0.3) is 0 Å². The van der Waals surface area contributed by atoms with Gasteiger partial charge in [-0.25, -0.2) is 0 Å². The molecule has 2 amide bonds. The third kappa shape index (κ3) is 7.31. The van der Waals surface area contributed by atoms with E-state index in [1.807, 2.05) is 70.2 Å². The van der Waals surface area contributed by atoms with Crippen molar-refractivity contribution >= 4 is 11.8 Å². The zero-order valence-corrected chi connectivity index (χ0v) is 19.4. The van der Waals surface area contributed by atoms with Crippen molar-refractivity contribution in [3.05, 3.63) is 59.2 Å². The second kappa shape index (κ2) is 11.4. The zero-order chi connectivity index (χ0) is 23.0. The van der Waals surface area contributed by atoms with Gasteiger partial charge in [0.2, 0.25) is 5.91 Å². The molecule has 6 nitrogen and oxygen atoms in total. The Labute approximate surface area is 185 Å². The summed E-state index contributed by atoms with van der Waals surface area (Å²) < 4.78 is 11.0. The molecule has 2 aromatic rings. The number of carbonyl (C=O) groups is 2. The topological polar surface area (TPSA) is 67.9 Å². The van der Waals surface area contributed by atoms with Gasteiger partial charge in [0, 0.05) is 13.1 Å². The normalized spacial score (nSPS) is 11.7. The summed E-state index contributed by atoms with van der Waals surface area (Å²) in [5.41, 5.74) is 3.13. The van der Waals surface area contributed by atoms with Gasteiger partial charge in [0.25, 0.3) is 5.91 Å². The van der Waals surface area contributed by atoms with Crippen molar-refractivity contribution < 1.29 is 19.1 Å². The van der Waals surface area contributed by atoms with Gasteiger partial charge in [0.15, 0.2) is 6.61 Å². The fourth-order valence-electron chi connectivity index (χ4n) is 3.03. The van der Waals surface area contributed by atoms with Crippen molar-refractivity contribution in [1.29, 1.82) is 0 Å². The van der Waals surface area contributed by atoms with Gasteiger partial charge in [0.1, 0.15) is 17.5 Å². The van der Waals surface area contributed by atoms with Gasteiger partial charge < -0.3 is 19.7 Å². The number of nitrogens with zero attached hydrogens (tertiary/aromatic N) is 1. The maximum atomic E-state index is 13.1. The van der Waals surface area contributed by atoms with Crippen LogP contribution in [0.4, 0.5) is 0 Å².